The lowest BCUT2D eigenvalue weighted by molar-refractivity contribution is -0.384. The highest BCUT2D eigenvalue weighted by atomic mass is 16.8. The molecule has 4 aliphatic rings. The molecule has 0 aliphatic carbocycles. The molecule has 1 amide bonds. The molecule has 0 aromatic carbocycles. The summed E-state index contributed by atoms with van der Waals surface area (Å²) in [4.78, 5) is 24.7. The van der Waals surface area contributed by atoms with Crippen molar-refractivity contribution in [2.24, 2.45) is 0 Å². The number of hydrogen-bond donors (Lipinski definition) is 17. The van der Waals surface area contributed by atoms with Crippen molar-refractivity contribution >= 4 is 11.9 Å². The van der Waals surface area contributed by atoms with E-state index in [9.17, 15) is 91.3 Å². The van der Waals surface area contributed by atoms with Crippen LogP contribution in [0.2, 0.25) is 0 Å². The van der Waals surface area contributed by atoms with Crippen LogP contribution in [-0.4, -0.2) is 255 Å². The topological polar surface area (TPSA) is 434 Å². The Hall–Kier alpha value is -1.94. The fourth-order valence-corrected chi connectivity index (χ4v) is 6.53. The third-order valence-electron chi connectivity index (χ3n) is 9.68. The van der Waals surface area contributed by atoms with Gasteiger partial charge >= 0.3 is 5.97 Å². The third kappa shape index (κ3) is 9.69. The fourth-order valence-electron chi connectivity index (χ4n) is 6.53. The molecule has 17 N–H and O–H groups in total. The maximum atomic E-state index is 12.7. The van der Waals surface area contributed by atoms with Crippen LogP contribution >= 0.6 is 0 Å². The first kappa shape index (κ1) is 45.8. The van der Waals surface area contributed by atoms with Crippen molar-refractivity contribution in [2.45, 2.75) is 135 Å². The normalized spacial score (nSPS) is 46.5. The van der Waals surface area contributed by atoms with Gasteiger partial charge in [0, 0.05) is 6.42 Å². The summed E-state index contributed by atoms with van der Waals surface area (Å²) >= 11 is 0. The molecule has 4 fully saturated rings. The number of aliphatic hydroxyl groups excluding tert-OH is 15. The molecule has 0 bridgehead atoms. The summed E-state index contributed by atoms with van der Waals surface area (Å²) in [5.41, 5.74) is 0. The predicted molar refractivity (Wildman–Crippen MR) is 164 cm³/mol. The van der Waals surface area contributed by atoms with Crippen molar-refractivity contribution in [1.82, 2.24) is 5.32 Å². The number of nitrogens with one attached hydrogen (secondary N) is 1. The van der Waals surface area contributed by atoms with Gasteiger partial charge in [0.05, 0.1) is 38.6 Å². The van der Waals surface area contributed by atoms with Gasteiger partial charge in [-0.05, 0) is 0 Å². The van der Waals surface area contributed by atoms with E-state index in [2.05, 4.69) is 5.32 Å². The van der Waals surface area contributed by atoms with E-state index >= 15 is 0 Å². The summed E-state index contributed by atoms with van der Waals surface area (Å²) in [5, 5.41) is 166. The number of carboxylic acids is 1. The molecular weight excluding hydrogens is 762 g/mol. The van der Waals surface area contributed by atoms with E-state index < -0.39 is 180 Å². The van der Waals surface area contributed by atoms with Gasteiger partial charge in [0.2, 0.25) is 5.91 Å². The summed E-state index contributed by atoms with van der Waals surface area (Å²) in [6, 6.07) is -1.72. The van der Waals surface area contributed by atoms with Crippen molar-refractivity contribution in [2.75, 3.05) is 33.0 Å². The van der Waals surface area contributed by atoms with E-state index in [-0.39, 0.29) is 0 Å². The highest BCUT2D eigenvalue weighted by molar-refractivity contribution is 5.78. The lowest BCUT2D eigenvalue weighted by Crippen LogP contribution is -2.69. The van der Waals surface area contributed by atoms with E-state index in [1.165, 1.54) is 0 Å². The van der Waals surface area contributed by atoms with Crippen LogP contribution in [0.25, 0.3) is 0 Å². The first-order chi connectivity index (χ1) is 25.9. The van der Waals surface area contributed by atoms with Gasteiger partial charge in [-0.1, -0.05) is 0 Å². The van der Waals surface area contributed by atoms with Crippen molar-refractivity contribution in [3.63, 3.8) is 0 Å². The quantitative estimate of drug-likeness (QED) is 0.0730. The zero-order valence-corrected chi connectivity index (χ0v) is 28.6. The largest absolute Gasteiger partial charge is 0.477 e. The molecule has 55 heavy (non-hydrogen) atoms. The molecule has 0 radical (unpaired) electrons. The second-order valence-corrected chi connectivity index (χ2v) is 13.4. The van der Waals surface area contributed by atoms with E-state index in [0.29, 0.717) is 0 Å². The number of rotatable bonds is 15. The summed E-state index contributed by atoms with van der Waals surface area (Å²) in [6.07, 6.45) is -38.9. The Morgan fingerprint density at radius 1 is 0.709 bits per heavy atom. The minimum atomic E-state index is -3.03. The first-order valence-corrected chi connectivity index (χ1v) is 16.9. The summed E-state index contributed by atoms with van der Waals surface area (Å²) in [5.74, 6) is -6.15. The zero-order valence-electron chi connectivity index (χ0n) is 28.6. The zero-order chi connectivity index (χ0) is 41.1. The molecule has 320 valence electrons. The molecule has 0 saturated carbocycles. The summed E-state index contributed by atoms with van der Waals surface area (Å²) in [7, 11) is 0. The van der Waals surface area contributed by atoms with Crippen LogP contribution in [0.1, 0.15) is 6.42 Å². The second kappa shape index (κ2) is 19.2. The Bertz CT molecular complexity index is 1250. The van der Waals surface area contributed by atoms with Crippen LogP contribution in [-0.2, 0) is 42.7 Å². The third-order valence-corrected chi connectivity index (χ3v) is 9.68. The number of carbonyl (C=O) groups excluding carboxylic acids is 1. The molecule has 0 aromatic rings. The van der Waals surface area contributed by atoms with Gasteiger partial charge in [0.25, 0.3) is 5.79 Å². The van der Waals surface area contributed by atoms with Gasteiger partial charge in [0.15, 0.2) is 18.9 Å². The van der Waals surface area contributed by atoms with Gasteiger partial charge < -0.3 is 120 Å². The van der Waals surface area contributed by atoms with Gasteiger partial charge in [0.1, 0.15) is 98.2 Å². The Balaban J connectivity index is 1.66. The van der Waals surface area contributed by atoms with E-state index in [4.69, 9.17) is 33.2 Å². The number of ether oxygens (including phenoxy) is 7. The van der Waals surface area contributed by atoms with Crippen molar-refractivity contribution < 1.29 is 124 Å². The predicted octanol–water partition coefficient (Wildman–Crippen LogP) is -11.4. The number of carboxylic acid groups (broad SMARTS) is 1. The number of aliphatic carboxylic acids is 1. The molecule has 4 saturated heterocycles. The minimum Gasteiger partial charge on any atom is -0.477 e. The smallest absolute Gasteiger partial charge is 0.364 e. The molecule has 21 atom stereocenters. The number of hydrogen-bond acceptors (Lipinski definition) is 24. The Kier molecular flexibility index (Phi) is 16.0. The van der Waals surface area contributed by atoms with Crippen molar-refractivity contribution in [1.29, 1.82) is 0 Å². The standard InChI is InChI=1S/C29H49NO25/c31-2-8(36)14(38)23-13(30-12(37)5-34)7(35)1-29(55-23,28(47)48)49-6-11-16(40)24(54-26-20(44)17(41)15(39)9(3-32)51-26)21(45)27(52-11)53-22-10(4-33)50-25(46)19(43)18(22)42/h7-11,13-27,31-36,38-46H,1-6H2,(H,30,37)(H,47,48)/t7-,8+,9+,10+,11+,13+,14+,15-,16-,17-,18-,19+,20+,21+,22+,23+,24-,25+,26-,27-,29+/m0/s1. The van der Waals surface area contributed by atoms with Crippen LogP contribution in [0.5, 0.6) is 0 Å². The number of amides is 1. The summed E-state index contributed by atoms with van der Waals surface area (Å²) < 4.78 is 38.2. The maximum Gasteiger partial charge on any atom is 0.364 e. The monoisotopic (exact) mass is 811 g/mol. The molecule has 4 aliphatic heterocycles. The highest BCUT2D eigenvalue weighted by Gasteiger charge is 2.58. The fraction of sp³-hybridized carbons (Fsp3) is 0.931. The molecule has 4 rings (SSSR count). The van der Waals surface area contributed by atoms with E-state index in [0.717, 1.165) is 0 Å². The molecule has 0 unspecified atom stereocenters. The van der Waals surface area contributed by atoms with Crippen molar-refractivity contribution in [3.05, 3.63) is 0 Å². The highest BCUT2D eigenvalue weighted by Crippen LogP contribution is 2.36. The SMILES string of the molecule is O=C(CO)N[C@H]1[C@H]([C@H](O)[C@H](O)CO)O[C@@](OC[C@H]2O[C@@H](O[C@H]3[C@@H](O)[C@@H](O)[C@H](O)O[C@@H]3CO)[C@H](O)[C@@H](O[C@@H]3O[C@H](CO)[C@H](O)[C@H](O)[C@H]3O)[C@H]2O)(C(=O)O)C[C@@H]1O. The lowest BCUT2D eigenvalue weighted by atomic mass is 9.88. The average Bonchev–Trinajstić information content (AvgIpc) is 3.16. The lowest BCUT2D eigenvalue weighted by Gasteiger charge is -2.49. The minimum absolute atomic E-state index is 0.916. The van der Waals surface area contributed by atoms with Gasteiger partial charge in [-0.15, -0.1) is 0 Å². The Morgan fingerprint density at radius 3 is 1.89 bits per heavy atom. The Labute approximate surface area is 309 Å². The van der Waals surface area contributed by atoms with E-state index in [1.807, 2.05) is 0 Å². The molecule has 0 spiro atoms. The van der Waals surface area contributed by atoms with Gasteiger partial charge in [-0.25, -0.2) is 4.79 Å². The van der Waals surface area contributed by atoms with Crippen LogP contribution < -0.4 is 5.32 Å². The second-order valence-electron chi connectivity index (χ2n) is 13.4. The molecule has 26 nitrogen and oxygen atoms in total. The molecular formula is C29H49NO25. The Morgan fingerprint density at radius 2 is 1.31 bits per heavy atom. The van der Waals surface area contributed by atoms with Crippen LogP contribution in [0.3, 0.4) is 0 Å². The average molecular weight is 812 g/mol. The molecule has 4 heterocycles. The van der Waals surface area contributed by atoms with Gasteiger partial charge in [-0.2, -0.15) is 0 Å². The van der Waals surface area contributed by atoms with Crippen molar-refractivity contribution in [3.8, 4) is 0 Å². The van der Waals surface area contributed by atoms with E-state index in [1.54, 1.807) is 0 Å². The maximum absolute atomic E-state index is 12.7. The first-order valence-electron chi connectivity index (χ1n) is 16.9. The number of carbonyl (C=O) groups is 2. The van der Waals surface area contributed by atoms with Crippen LogP contribution in [0.4, 0.5) is 0 Å². The molecule has 26 heteroatoms. The summed E-state index contributed by atoms with van der Waals surface area (Å²) in [6.45, 7) is -5.26. The number of aliphatic hydroxyl groups is 15. The van der Waals surface area contributed by atoms with Crippen LogP contribution in [0.15, 0.2) is 0 Å². The molecule has 0 aromatic heterocycles. The van der Waals surface area contributed by atoms with Crippen LogP contribution in [0, 0.1) is 0 Å². The van der Waals surface area contributed by atoms with Gasteiger partial charge in [-0.3, -0.25) is 4.79 Å².